The summed E-state index contributed by atoms with van der Waals surface area (Å²) in [5, 5.41) is 7.35. The number of H-pyrrole nitrogens is 1. The van der Waals surface area contributed by atoms with Crippen molar-refractivity contribution in [2.45, 2.75) is 51.2 Å². The third-order valence-electron chi connectivity index (χ3n) is 5.40. The number of pyridine rings is 1. The highest BCUT2D eigenvalue weighted by Crippen LogP contribution is 2.32. The van der Waals surface area contributed by atoms with Crippen molar-refractivity contribution in [3.63, 3.8) is 0 Å². The molecule has 1 amide bonds. The van der Waals surface area contributed by atoms with Crippen LogP contribution in [-0.4, -0.2) is 45.2 Å². The van der Waals surface area contributed by atoms with Crippen molar-refractivity contribution in [3.05, 3.63) is 47.0 Å². The van der Waals surface area contributed by atoms with Gasteiger partial charge < -0.3 is 9.64 Å². The average molecular weight is 340 g/mol. The molecule has 6 nitrogen and oxygen atoms in total. The number of likely N-dealkylation sites (tertiary alicyclic amines) is 1. The lowest BCUT2D eigenvalue weighted by Gasteiger charge is -2.32. The molecule has 2 atom stereocenters. The summed E-state index contributed by atoms with van der Waals surface area (Å²) < 4.78 is 5.81. The van der Waals surface area contributed by atoms with Crippen LogP contribution in [-0.2, 0) is 11.2 Å². The summed E-state index contributed by atoms with van der Waals surface area (Å²) in [6, 6.07) is 4.16. The van der Waals surface area contributed by atoms with Crippen LogP contribution in [0, 0.1) is 0 Å². The first kappa shape index (κ1) is 16.3. The molecular formula is C19H24N4O2. The lowest BCUT2D eigenvalue weighted by molar-refractivity contribution is -0.00702. The van der Waals surface area contributed by atoms with E-state index >= 15 is 0 Å². The Balaban J connectivity index is 1.47. The molecule has 1 N–H and O–H groups in total. The van der Waals surface area contributed by atoms with E-state index in [9.17, 15) is 4.79 Å². The second-order valence-electron chi connectivity index (χ2n) is 7.10. The summed E-state index contributed by atoms with van der Waals surface area (Å²) in [6.07, 6.45) is 6.47. The van der Waals surface area contributed by atoms with E-state index in [0.717, 1.165) is 43.6 Å². The fraction of sp³-hybridized carbons (Fsp3) is 0.526. The molecule has 0 saturated carbocycles. The van der Waals surface area contributed by atoms with Gasteiger partial charge in [-0.3, -0.25) is 14.9 Å². The number of fused-ring (bicyclic) bond motifs is 1. The fourth-order valence-corrected chi connectivity index (χ4v) is 4.05. The molecule has 2 aromatic heterocycles. The Morgan fingerprint density at radius 3 is 2.68 bits per heavy atom. The summed E-state index contributed by atoms with van der Waals surface area (Å²) in [7, 11) is 0. The van der Waals surface area contributed by atoms with E-state index in [0.29, 0.717) is 11.6 Å². The van der Waals surface area contributed by atoms with Crippen molar-refractivity contribution in [2.24, 2.45) is 0 Å². The van der Waals surface area contributed by atoms with E-state index in [1.54, 1.807) is 0 Å². The van der Waals surface area contributed by atoms with Crippen molar-refractivity contribution >= 4 is 5.91 Å². The van der Waals surface area contributed by atoms with Crippen molar-refractivity contribution in [2.75, 3.05) is 13.1 Å². The van der Waals surface area contributed by atoms with Gasteiger partial charge in [-0.2, -0.15) is 5.10 Å². The van der Waals surface area contributed by atoms with E-state index in [1.807, 2.05) is 31.1 Å². The monoisotopic (exact) mass is 340 g/mol. The number of carbonyl (C=O) groups excluding carboxylic acids is 1. The molecule has 6 heteroatoms. The molecule has 25 heavy (non-hydrogen) atoms. The Morgan fingerprint density at radius 1 is 1.24 bits per heavy atom. The fourth-order valence-electron chi connectivity index (χ4n) is 4.05. The molecule has 4 heterocycles. The van der Waals surface area contributed by atoms with Crippen LogP contribution < -0.4 is 0 Å². The van der Waals surface area contributed by atoms with E-state index in [-0.39, 0.29) is 18.1 Å². The summed E-state index contributed by atoms with van der Waals surface area (Å²) in [6.45, 7) is 5.59. The average Bonchev–Trinajstić information content (AvgIpc) is 3.06. The maximum atomic E-state index is 13.0. The highest BCUT2D eigenvalue weighted by molar-refractivity contribution is 5.94. The van der Waals surface area contributed by atoms with Gasteiger partial charge in [0.2, 0.25) is 0 Å². The largest absolute Gasteiger partial charge is 0.369 e. The molecule has 0 radical (unpaired) electrons. The second kappa shape index (κ2) is 6.59. The van der Waals surface area contributed by atoms with Gasteiger partial charge in [-0.05, 0) is 50.3 Å². The smallest absolute Gasteiger partial charge is 0.274 e. The van der Waals surface area contributed by atoms with Gasteiger partial charge in [0, 0.05) is 37.5 Å². The quantitative estimate of drug-likeness (QED) is 0.912. The van der Waals surface area contributed by atoms with Crippen molar-refractivity contribution in [1.82, 2.24) is 20.1 Å². The molecule has 0 aliphatic carbocycles. The van der Waals surface area contributed by atoms with Crippen molar-refractivity contribution < 1.29 is 9.53 Å². The van der Waals surface area contributed by atoms with Gasteiger partial charge in [-0.1, -0.05) is 0 Å². The van der Waals surface area contributed by atoms with Gasteiger partial charge in [-0.25, -0.2) is 0 Å². The number of amides is 1. The van der Waals surface area contributed by atoms with Crippen LogP contribution in [0.4, 0.5) is 0 Å². The molecule has 2 aromatic rings. The van der Waals surface area contributed by atoms with Crippen LogP contribution in [0.3, 0.4) is 0 Å². The summed E-state index contributed by atoms with van der Waals surface area (Å²) in [5.41, 5.74) is 3.89. The molecule has 0 unspecified atom stereocenters. The van der Waals surface area contributed by atoms with Gasteiger partial charge >= 0.3 is 0 Å². The Hall–Kier alpha value is -2.21. The number of nitrogens with one attached hydrogen (secondary N) is 1. The van der Waals surface area contributed by atoms with Gasteiger partial charge in [0.1, 0.15) is 0 Å². The van der Waals surface area contributed by atoms with Crippen LogP contribution in [0.2, 0.25) is 0 Å². The maximum Gasteiger partial charge on any atom is 0.274 e. The van der Waals surface area contributed by atoms with Gasteiger partial charge in [-0.15, -0.1) is 0 Å². The van der Waals surface area contributed by atoms with E-state index < -0.39 is 0 Å². The Labute approximate surface area is 147 Å². The second-order valence-corrected chi connectivity index (χ2v) is 7.10. The van der Waals surface area contributed by atoms with Gasteiger partial charge in [0.25, 0.3) is 5.91 Å². The van der Waals surface area contributed by atoms with Crippen LogP contribution in [0.5, 0.6) is 0 Å². The topological polar surface area (TPSA) is 71.1 Å². The molecular weight excluding hydrogens is 316 g/mol. The van der Waals surface area contributed by atoms with Gasteiger partial charge in [0.05, 0.1) is 17.9 Å². The highest BCUT2D eigenvalue weighted by Gasteiger charge is 2.32. The number of hydrogen-bond acceptors (Lipinski definition) is 4. The predicted octanol–water partition coefficient (Wildman–Crippen LogP) is 2.85. The number of piperidine rings is 1. The first-order chi connectivity index (χ1) is 12.1. The van der Waals surface area contributed by atoms with E-state index in [1.165, 1.54) is 5.56 Å². The predicted molar refractivity (Wildman–Crippen MR) is 93.4 cm³/mol. The molecule has 1 fully saturated rings. The lowest BCUT2D eigenvalue weighted by atomic mass is 9.90. The zero-order valence-corrected chi connectivity index (χ0v) is 14.7. The number of carbonyl (C=O) groups is 1. The lowest BCUT2D eigenvalue weighted by Crippen LogP contribution is -2.38. The molecule has 0 aromatic carbocycles. The highest BCUT2D eigenvalue weighted by atomic mass is 16.5. The maximum absolute atomic E-state index is 13.0. The minimum Gasteiger partial charge on any atom is -0.369 e. The summed E-state index contributed by atoms with van der Waals surface area (Å²) in [4.78, 5) is 19.0. The molecule has 0 spiro atoms. The van der Waals surface area contributed by atoms with Crippen LogP contribution in [0.15, 0.2) is 24.5 Å². The molecule has 2 aliphatic heterocycles. The molecule has 4 rings (SSSR count). The SMILES string of the molecule is C[C@@H]1Cc2c(C(=O)N3CCC(c4ccncc4)CC3)n[nH]c2[C@H](C)O1. The number of hydrogen-bond donors (Lipinski definition) is 1. The Kier molecular flexibility index (Phi) is 4.29. The minimum atomic E-state index is -0.0368. The van der Waals surface area contributed by atoms with Crippen LogP contribution in [0.25, 0.3) is 0 Å². The molecule has 132 valence electrons. The van der Waals surface area contributed by atoms with Crippen molar-refractivity contribution in [1.29, 1.82) is 0 Å². The molecule has 1 saturated heterocycles. The zero-order valence-electron chi connectivity index (χ0n) is 14.7. The number of aromatic amines is 1. The first-order valence-corrected chi connectivity index (χ1v) is 9.05. The first-order valence-electron chi connectivity index (χ1n) is 9.05. The van der Waals surface area contributed by atoms with Gasteiger partial charge in [0.15, 0.2) is 5.69 Å². The van der Waals surface area contributed by atoms with Crippen LogP contribution >= 0.6 is 0 Å². The van der Waals surface area contributed by atoms with E-state index in [2.05, 4.69) is 27.3 Å². The number of ether oxygens (including phenoxy) is 1. The van der Waals surface area contributed by atoms with E-state index in [4.69, 9.17) is 4.74 Å². The number of rotatable bonds is 2. The zero-order chi connectivity index (χ0) is 17.4. The summed E-state index contributed by atoms with van der Waals surface area (Å²) >= 11 is 0. The third kappa shape index (κ3) is 3.06. The summed E-state index contributed by atoms with van der Waals surface area (Å²) in [5.74, 6) is 0.556. The Morgan fingerprint density at radius 2 is 1.96 bits per heavy atom. The molecule has 0 bridgehead atoms. The minimum absolute atomic E-state index is 0.0368. The normalized spacial score (nSPS) is 24.2. The number of nitrogens with zero attached hydrogens (tertiary/aromatic N) is 3. The third-order valence-corrected chi connectivity index (χ3v) is 5.40. The Bertz CT molecular complexity index is 750. The standard InChI is InChI=1S/C19H24N4O2/c1-12-11-16-17(13(2)25-12)21-22-18(16)19(24)23-9-5-15(6-10-23)14-3-7-20-8-4-14/h3-4,7-8,12-13,15H,5-6,9-11H2,1-2H3,(H,21,22)/t12-,13+/m1/s1. The van der Waals surface area contributed by atoms with Crippen molar-refractivity contribution in [3.8, 4) is 0 Å². The van der Waals surface area contributed by atoms with Crippen LogP contribution in [0.1, 0.15) is 66.0 Å². The molecule has 2 aliphatic rings. The number of aromatic nitrogens is 3.